The molecule has 0 radical (unpaired) electrons. The Hall–Kier alpha value is -2.34. The lowest BCUT2D eigenvalue weighted by Crippen LogP contribution is -2.25. The molecule has 0 aliphatic carbocycles. The first-order valence-electron chi connectivity index (χ1n) is 5.37. The van der Waals surface area contributed by atoms with Gasteiger partial charge < -0.3 is 10.2 Å². The molecule has 0 bridgehead atoms. The maximum Gasteiger partial charge on any atom is 0.224 e. The minimum absolute atomic E-state index is 0.137. The van der Waals surface area contributed by atoms with Crippen molar-refractivity contribution in [3.8, 4) is 12.1 Å². The summed E-state index contributed by atoms with van der Waals surface area (Å²) in [7, 11) is 0. The summed E-state index contributed by atoms with van der Waals surface area (Å²) in [5, 5.41) is 20.4. The molecular weight excluding hydrogens is 216 g/mol. The molecule has 6 nitrogen and oxygen atoms in total. The van der Waals surface area contributed by atoms with Crippen LogP contribution in [-0.2, 0) is 0 Å². The minimum atomic E-state index is 0.137. The molecule has 17 heavy (non-hydrogen) atoms. The van der Waals surface area contributed by atoms with Crippen LogP contribution in [0.25, 0.3) is 0 Å². The van der Waals surface area contributed by atoms with E-state index in [0.29, 0.717) is 11.8 Å². The standard InChI is InChI=1S/C11H14N6/c1-2-6-14-11-15-7-3-10(16-11)17(8-4-12)9-5-13/h3,7H,2,6,8-9H2,1H3,(H,14,15,16). The molecule has 0 spiro atoms. The molecule has 0 amide bonds. The molecule has 0 saturated carbocycles. The van der Waals surface area contributed by atoms with Gasteiger partial charge in [0.25, 0.3) is 0 Å². The third-order valence-corrected chi connectivity index (χ3v) is 2.02. The van der Waals surface area contributed by atoms with Crippen molar-refractivity contribution in [2.75, 3.05) is 29.9 Å². The first kappa shape index (κ1) is 12.7. The number of nitrogens with zero attached hydrogens (tertiary/aromatic N) is 5. The summed E-state index contributed by atoms with van der Waals surface area (Å²) in [5.41, 5.74) is 0. The van der Waals surface area contributed by atoms with Crippen molar-refractivity contribution in [1.29, 1.82) is 10.5 Å². The number of anilines is 2. The van der Waals surface area contributed by atoms with Crippen LogP contribution >= 0.6 is 0 Å². The molecule has 1 heterocycles. The highest BCUT2D eigenvalue weighted by atomic mass is 15.2. The molecular formula is C11H14N6. The summed E-state index contributed by atoms with van der Waals surface area (Å²) in [6.07, 6.45) is 2.59. The summed E-state index contributed by atoms with van der Waals surface area (Å²) in [6, 6.07) is 5.70. The van der Waals surface area contributed by atoms with E-state index in [0.717, 1.165) is 13.0 Å². The Balaban J connectivity index is 2.81. The lowest BCUT2D eigenvalue weighted by molar-refractivity contribution is 0.910. The highest BCUT2D eigenvalue weighted by molar-refractivity contribution is 5.44. The van der Waals surface area contributed by atoms with Crippen molar-refractivity contribution in [1.82, 2.24) is 9.97 Å². The lowest BCUT2D eigenvalue weighted by Gasteiger charge is -2.17. The van der Waals surface area contributed by atoms with Crippen molar-refractivity contribution in [2.45, 2.75) is 13.3 Å². The molecule has 0 fully saturated rings. The van der Waals surface area contributed by atoms with E-state index in [4.69, 9.17) is 10.5 Å². The van der Waals surface area contributed by atoms with Crippen LogP contribution in [0.5, 0.6) is 0 Å². The monoisotopic (exact) mass is 230 g/mol. The number of nitrogens with one attached hydrogen (secondary N) is 1. The Morgan fingerprint density at radius 2 is 2.06 bits per heavy atom. The normalized spacial score (nSPS) is 9.12. The quantitative estimate of drug-likeness (QED) is 0.737. The number of hydrogen-bond acceptors (Lipinski definition) is 6. The van der Waals surface area contributed by atoms with Gasteiger partial charge in [0, 0.05) is 12.7 Å². The minimum Gasteiger partial charge on any atom is -0.354 e. The fourth-order valence-electron chi connectivity index (χ4n) is 1.24. The highest BCUT2D eigenvalue weighted by Gasteiger charge is 2.07. The van der Waals surface area contributed by atoms with Crippen molar-refractivity contribution in [3.05, 3.63) is 12.3 Å². The molecule has 0 aliphatic rings. The van der Waals surface area contributed by atoms with Gasteiger partial charge in [-0.05, 0) is 12.5 Å². The van der Waals surface area contributed by atoms with E-state index < -0.39 is 0 Å². The van der Waals surface area contributed by atoms with Gasteiger partial charge in [0.1, 0.15) is 18.9 Å². The summed E-state index contributed by atoms with van der Waals surface area (Å²) < 4.78 is 0. The van der Waals surface area contributed by atoms with Crippen LogP contribution in [0.2, 0.25) is 0 Å². The third kappa shape index (κ3) is 3.96. The topological polar surface area (TPSA) is 88.6 Å². The molecule has 0 aromatic carbocycles. The van der Waals surface area contributed by atoms with E-state index in [1.165, 1.54) is 0 Å². The Labute approximate surface area is 101 Å². The van der Waals surface area contributed by atoms with Crippen molar-refractivity contribution in [2.24, 2.45) is 0 Å². The van der Waals surface area contributed by atoms with Gasteiger partial charge in [0.15, 0.2) is 0 Å². The van der Waals surface area contributed by atoms with Crippen molar-refractivity contribution < 1.29 is 0 Å². The zero-order chi connectivity index (χ0) is 12.5. The summed E-state index contributed by atoms with van der Waals surface area (Å²) in [4.78, 5) is 9.91. The van der Waals surface area contributed by atoms with Gasteiger partial charge in [-0.2, -0.15) is 15.5 Å². The Kier molecular flexibility index (Phi) is 5.26. The first-order valence-corrected chi connectivity index (χ1v) is 5.37. The average molecular weight is 230 g/mol. The molecule has 6 heteroatoms. The fraction of sp³-hybridized carbons (Fsp3) is 0.455. The van der Waals surface area contributed by atoms with E-state index in [1.54, 1.807) is 17.2 Å². The second-order valence-electron chi connectivity index (χ2n) is 3.34. The van der Waals surface area contributed by atoms with Crippen molar-refractivity contribution in [3.63, 3.8) is 0 Å². The zero-order valence-electron chi connectivity index (χ0n) is 9.72. The Morgan fingerprint density at radius 3 is 2.65 bits per heavy atom. The van der Waals surface area contributed by atoms with E-state index in [-0.39, 0.29) is 13.1 Å². The second kappa shape index (κ2) is 7.02. The number of aromatic nitrogens is 2. The molecule has 1 aromatic heterocycles. The average Bonchev–Trinajstić information content (AvgIpc) is 2.36. The van der Waals surface area contributed by atoms with E-state index in [9.17, 15) is 0 Å². The molecule has 0 atom stereocenters. The molecule has 88 valence electrons. The number of nitriles is 2. The van der Waals surface area contributed by atoms with E-state index >= 15 is 0 Å². The lowest BCUT2D eigenvalue weighted by atomic mass is 10.4. The molecule has 1 aromatic rings. The SMILES string of the molecule is CCCNc1nccc(N(CC#N)CC#N)n1. The smallest absolute Gasteiger partial charge is 0.224 e. The molecule has 1 rings (SSSR count). The van der Waals surface area contributed by atoms with Gasteiger partial charge in [-0.1, -0.05) is 6.92 Å². The van der Waals surface area contributed by atoms with Gasteiger partial charge in [-0.15, -0.1) is 0 Å². The second-order valence-corrected chi connectivity index (χ2v) is 3.34. The van der Waals surface area contributed by atoms with Crippen LogP contribution in [0.1, 0.15) is 13.3 Å². The van der Waals surface area contributed by atoms with Gasteiger partial charge in [0.05, 0.1) is 12.1 Å². The highest BCUT2D eigenvalue weighted by Crippen LogP contribution is 2.11. The molecule has 0 saturated heterocycles. The fourth-order valence-corrected chi connectivity index (χ4v) is 1.24. The largest absolute Gasteiger partial charge is 0.354 e. The van der Waals surface area contributed by atoms with Crippen LogP contribution in [0, 0.1) is 22.7 Å². The summed E-state index contributed by atoms with van der Waals surface area (Å²) in [6.45, 7) is 3.12. The summed E-state index contributed by atoms with van der Waals surface area (Å²) in [5.74, 6) is 1.10. The van der Waals surface area contributed by atoms with Gasteiger partial charge in [-0.25, -0.2) is 4.98 Å². The third-order valence-electron chi connectivity index (χ3n) is 2.02. The van der Waals surface area contributed by atoms with Gasteiger partial charge in [-0.3, -0.25) is 0 Å². The van der Waals surface area contributed by atoms with Crippen molar-refractivity contribution >= 4 is 11.8 Å². The van der Waals surface area contributed by atoms with Crippen LogP contribution in [-0.4, -0.2) is 29.6 Å². The zero-order valence-corrected chi connectivity index (χ0v) is 9.72. The first-order chi connectivity index (χ1) is 8.31. The van der Waals surface area contributed by atoms with Crippen LogP contribution in [0.4, 0.5) is 11.8 Å². The van der Waals surface area contributed by atoms with Crippen LogP contribution in [0.3, 0.4) is 0 Å². The Morgan fingerprint density at radius 1 is 1.35 bits per heavy atom. The molecule has 1 N–H and O–H groups in total. The number of rotatable bonds is 6. The van der Waals surface area contributed by atoms with Gasteiger partial charge >= 0.3 is 0 Å². The molecule has 0 unspecified atom stereocenters. The predicted molar refractivity (Wildman–Crippen MR) is 64.3 cm³/mol. The number of hydrogen-bond donors (Lipinski definition) is 1. The summed E-state index contributed by atoms with van der Waals surface area (Å²) >= 11 is 0. The van der Waals surface area contributed by atoms with E-state index in [2.05, 4.69) is 22.2 Å². The van der Waals surface area contributed by atoms with Crippen LogP contribution < -0.4 is 10.2 Å². The predicted octanol–water partition coefficient (Wildman–Crippen LogP) is 1.15. The van der Waals surface area contributed by atoms with Gasteiger partial charge in [0.2, 0.25) is 5.95 Å². The van der Waals surface area contributed by atoms with E-state index in [1.807, 2.05) is 12.1 Å². The van der Waals surface area contributed by atoms with Crippen LogP contribution in [0.15, 0.2) is 12.3 Å². The molecule has 0 aliphatic heterocycles. The Bertz CT molecular complexity index is 414. The maximum atomic E-state index is 8.68. The maximum absolute atomic E-state index is 8.68.